The van der Waals surface area contributed by atoms with Gasteiger partial charge in [0, 0.05) is 41.5 Å². The first-order chi connectivity index (χ1) is 16.8. The zero-order chi connectivity index (χ0) is 24.7. The molecule has 0 saturated carbocycles. The minimum absolute atomic E-state index is 0.0129. The van der Waals surface area contributed by atoms with Crippen molar-refractivity contribution < 1.29 is 17.9 Å². The Labute approximate surface area is 206 Å². The van der Waals surface area contributed by atoms with Gasteiger partial charge in [-0.3, -0.25) is 4.79 Å². The topological polar surface area (TPSA) is 135 Å². The summed E-state index contributed by atoms with van der Waals surface area (Å²) in [6.45, 7) is 0.288. The highest BCUT2D eigenvalue weighted by Gasteiger charge is 2.39. The first kappa shape index (κ1) is 23.5. The number of nitrogens with one attached hydrogen (secondary N) is 1. The molecule has 0 bridgehead atoms. The number of sulfonamides is 1. The number of halogens is 1. The van der Waals surface area contributed by atoms with E-state index in [-0.39, 0.29) is 37.2 Å². The Hall–Kier alpha value is -3.25. The summed E-state index contributed by atoms with van der Waals surface area (Å²) in [7, 11) is -2.43. The summed E-state index contributed by atoms with van der Waals surface area (Å²) in [6, 6.07) is 11.7. The smallest absolute Gasteiger partial charge is 0.259 e. The number of nitrogens with two attached hydrogens (primary N) is 1. The molecule has 3 N–H and O–H groups in total. The number of methoxy groups -OCH3 is 1. The van der Waals surface area contributed by atoms with E-state index in [9.17, 15) is 13.2 Å². The zero-order valence-corrected chi connectivity index (χ0v) is 20.4. The lowest BCUT2D eigenvalue weighted by atomic mass is 10.1. The number of piperazine rings is 1. The van der Waals surface area contributed by atoms with E-state index in [0.29, 0.717) is 27.3 Å². The van der Waals surface area contributed by atoms with E-state index in [4.69, 9.17) is 22.1 Å². The first-order valence-electron chi connectivity index (χ1n) is 10.8. The normalized spacial score (nSPS) is 17.5. The largest absolute Gasteiger partial charge is 0.383 e. The molecule has 1 amide bonds. The summed E-state index contributed by atoms with van der Waals surface area (Å²) in [5.41, 5.74) is 8.03. The van der Waals surface area contributed by atoms with E-state index in [2.05, 4.69) is 15.0 Å². The Morgan fingerprint density at radius 3 is 2.83 bits per heavy atom. The Morgan fingerprint density at radius 1 is 1.20 bits per heavy atom. The molecule has 1 fully saturated rings. The number of benzene rings is 2. The number of aromatic nitrogens is 3. The molecule has 0 unspecified atom stereocenters. The van der Waals surface area contributed by atoms with E-state index >= 15 is 0 Å². The highest BCUT2D eigenvalue weighted by Crippen LogP contribution is 2.27. The summed E-state index contributed by atoms with van der Waals surface area (Å²) in [5.74, 6) is 0.0660. The molecule has 3 heterocycles. The average Bonchev–Trinajstić information content (AvgIpc) is 3.25. The van der Waals surface area contributed by atoms with Crippen molar-refractivity contribution in [3.63, 3.8) is 0 Å². The first-order valence-corrected chi connectivity index (χ1v) is 12.6. The highest BCUT2D eigenvalue weighted by molar-refractivity contribution is 7.89. The number of aromatic amines is 1. The summed E-state index contributed by atoms with van der Waals surface area (Å²) >= 11 is 6.03. The summed E-state index contributed by atoms with van der Waals surface area (Å²) in [6.07, 6.45) is 1.39. The van der Waals surface area contributed by atoms with Crippen LogP contribution in [0.1, 0.15) is 5.56 Å². The van der Waals surface area contributed by atoms with Gasteiger partial charge in [-0.05, 0) is 35.9 Å². The fourth-order valence-electron chi connectivity index (χ4n) is 4.35. The third kappa shape index (κ3) is 4.43. The van der Waals surface area contributed by atoms with Gasteiger partial charge in [-0.1, -0.05) is 23.7 Å². The lowest BCUT2D eigenvalue weighted by Gasteiger charge is -2.40. The van der Waals surface area contributed by atoms with Crippen LogP contribution in [0, 0.1) is 0 Å². The molecular formula is C23H23ClN6O4S. The standard InChI is InChI=1S/C23H23ClN6O4S/c1-34-12-17-10-29(35(32,33)21-7-15-3-4-16(24)8-19(15)28-21)11-22(31)30(17)9-14-2-5-18-20(6-14)26-13-27-23(18)25/h2-8,13,17,28H,9-12H2,1H3,(H2,25,26,27)/t17-/m0/s1. The number of carbonyl (C=O) groups is 1. The van der Waals surface area contributed by atoms with Crippen LogP contribution in [0.25, 0.3) is 21.8 Å². The second-order valence-electron chi connectivity index (χ2n) is 8.40. The molecule has 182 valence electrons. The van der Waals surface area contributed by atoms with E-state index < -0.39 is 16.1 Å². The van der Waals surface area contributed by atoms with Gasteiger partial charge in [0.15, 0.2) is 0 Å². The molecule has 5 rings (SSSR count). The highest BCUT2D eigenvalue weighted by atomic mass is 35.5. The summed E-state index contributed by atoms with van der Waals surface area (Å²) < 4.78 is 33.3. The summed E-state index contributed by atoms with van der Waals surface area (Å²) in [5, 5.41) is 1.95. The van der Waals surface area contributed by atoms with Gasteiger partial charge in [0.05, 0.1) is 24.7 Å². The molecule has 0 aliphatic carbocycles. The van der Waals surface area contributed by atoms with E-state index in [0.717, 1.165) is 10.9 Å². The minimum Gasteiger partial charge on any atom is -0.383 e. The number of rotatable bonds is 6. The average molecular weight is 515 g/mol. The second kappa shape index (κ2) is 9.08. The van der Waals surface area contributed by atoms with Crippen LogP contribution in [-0.2, 0) is 26.1 Å². The predicted molar refractivity (Wildman–Crippen MR) is 132 cm³/mol. The maximum atomic E-state index is 13.4. The van der Waals surface area contributed by atoms with Crippen molar-refractivity contribution in [2.75, 3.05) is 32.5 Å². The van der Waals surface area contributed by atoms with Gasteiger partial charge in [-0.15, -0.1) is 0 Å². The number of hydrogen-bond donors (Lipinski definition) is 2. The number of H-pyrrole nitrogens is 1. The third-order valence-corrected chi connectivity index (χ3v) is 8.08. The minimum atomic E-state index is -3.95. The molecule has 2 aromatic carbocycles. The van der Waals surface area contributed by atoms with Crippen LogP contribution in [0.15, 0.2) is 53.8 Å². The van der Waals surface area contributed by atoms with Gasteiger partial charge in [0.1, 0.15) is 17.2 Å². The third-order valence-electron chi connectivity index (χ3n) is 6.11. The number of hydrogen-bond acceptors (Lipinski definition) is 7. The molecule has 1 aliphatic rings. The predicted octanol–water partition coefficient (Wildman–Crippen LogP) is 2.39. The zero-order valence-electron chi connectivity index (χ0n) is 18.8. The fourth-order valence-corrected chi connectivity index (χ4v) is 5.96. The van der Waals surface area contributed by atoms with Crippen molar-refractivity contribution in [3.05, 3.63) is 59.4 Å². The number of amides is 1. The van der Waals surface area contributed by atoms with Gasteiger partial charge < -0.3 is 20.4 Å². The van der Waals surface area contributed by atoms with E-state index in [1.54, 1.807) is 29.2 Å². The molecule has 2 aromatic heterocycles. The van der Waals surface area contributed by atoms with Crippen molar-refractivity contribution in [1.82, 2.24) is 24.2 Å². The van der Waals surface area contributed by atoms with Crippen molar-refractivity contribution in [1.29, 1.82) is 0 Å². The van der Waals surface area contributed by atoms with Crippen LogP contribution >= 0.6 is 11.6 Å². The number of fused-ring (bicyclic) bond motifs is 2. The molecule has 10 nitrogen and oxygen atoms in total. The second-order valence-corrected chi connectivity index (χ2v) is 10.7. The quantitative estimate of drug-likeness (QED) is 0.403. The number of carbonyl (C=O) groups excluding carboxylic acids is 1. The SMILES string of the molecule is COC[C@@H]1CN(S(=O)(=O)c2cc3ccc(Cl)cc3[nH]2)CC(=O)N1Cc1ccc2c(N)ncnc2c1. The number of anilines is 1. The van der Waals surface area contributed by atoms with Crippen LogP contribution in [0.4, 0.5) is 5.82 Å². The van der Waals surface area contributed by atoms with Crippen LogP contribution in [0.3, 0.4) is 0 Å². The van der Waals surface area contributed by atoms with E-state index in [1.165, 1.54) is 17.7 Å². The van der Waals surface area contributed by atoms with Crippen molar-refractivity contribution in [3.8, 4) is 0 Å². The molecular weight excluding hydrogens is 492 g/mol. The van der Waals surface area contributed by atoms with Crippen molar-refractivity contribution in [2.24, 2.45) is 0 Å². The summed E-state index contributed by atoms with van der Waals surface area (Å²) in [4.78, 5) is 26.0. The van der Waals surface area contributed by atoms with Crippen LogP contribution in [0.2, 0.25) is 5.02 Å². The van der Waals surface area contributed by atoms with Gasteiger partial charge in [-0.25, -0.2) is 18.4 Å². The maximum Gasteiger partial charge on any atom is 0.259 e. The molecule has 1 atom stereocenters. The Balaban J connectivity index is 1.41. The monoisotopic (exact) mass is 514 g/mol. The Kier molecular flexibility index (Phi) is 6.09. The number of ether oxygens (including phenoxy) is 1. The molecule has 12 heteroatoms. The molecule has 0 spiro atoms. The fraction of sp³-hybridized carbons (Fsp3) is 0.261. The lowest BCUT2D eigenvalue weighted by Crippen LogP contribution is -2.58. The van der Waals surface area contributed by atoms with Gasteiger partial charge in [0.25, 0.3) is 10.0 Å². The number of nitrogen functional groups attached to an aromatic ring is 1. The van der Waals surface area contributed by atoms with E-state index in [1.807, 2.05) is 18.2 Å². The number of nitrogens with zero attached hydrogens (tertiary/aromatic N) is 4. The maximum absolute atomic E-state index is 13.4. The van der Waals surface area contributed by atoms with Gasteiger partial charge in [-0.2, -0.15) is 4.31 Å². The molecule has 4 aromatic rings. The van der Waals surface area contributed by atoms with Crippen molar-refractivity contribution in [2.45, 2.75) is 17.6 Å². The lowest BCUT2D eigenvalue weighted by molar-refractivity contribution is -0.139. The van der Waals surface area contributed by atoms with Crippen LogP contribution in [-0.4, -0.2) is 71.3 Å². The van der Waals surface area contributed by atoms with Crippen LogP contribution < -0.4 is 5.73 Å². The Bertz CT molecular complexity index is 1540. The molecule has 35 heavy (non-hydrogen) atoms. The molecule has 1 aliphatic heterocycles. The Morgan fingerprint density at radius 2 is 2.03 bits per heavy atom. The molecule has 0 radical (unpaired) electrons. The molecule has 1 saturated heterocycles. The van der Waals surface area contributed by atoms with Crippen LogP contribution in [0.5, 0.6) is 0 Å². The van der Waals surface area contributed by atoms with Gasteiger partial charge >= 0.3 is 0 Å². The van der Waals surface area contributed by atoms with Crippen molar-refractivity contribution >= 4 is 55.2 Å². The van der Waals surface area contributed by atoms with Gasteiger partial charge in [0.2, 0.25) is 5.91 Å².